The third-order valence-electron chi connectivity index (χ3n) is 5.94. The maximum atomic E-state index is 14.0. The Balaban J connectivity index is 1.73. The number of nitrogens with one attached hydrogen (secondary N) is 2. The molecule has 37 heavy (non-hydrogen) atoms. The Morgan fingerprint density at radius 1 is 0.973 bits per heavy atom. The van der Waals surface area contributed by atoms with E-state index in [2.05, 4.69) is 10.6 Å². The fraction of sp³-hybridized carbons (Fsp3) is 0.207. The van der Waals surface area contributed by atoms with Gasteiger partial charge in [0.1, 0.15) is 5.82 Å². The standard InChI is InChI=1S/C29H28FN3O4/c1-3-18-33-26(20-10-6-5-7-11-20)24(28(35)37-4-2)25(32-29(33)36)19-14-16-21(17-15-19)31-27(34)22-12-8-9-13-23(22)30/h5-17,25H,3-4,18H2,1-2H3,(H,31,34)(H,32,36). The SMILES string of the molecule is CCCN1C(=O)NC(c2ccc(NC(=O)c3ccccc3F)cc2)C(C(=O)OCC)=C1c1ccccc1. The Labute approximate surface area is 214 Å². The fourth-order valence-corrected chi connectivity index (χ4v) is 4.28. The molecule has 3 aromatic carbocycles. The van der Waals surface area contributed by atoms with Crippen molar-refractivity contribution < 1.29 is 23.5 Å². The van der Waals surface area contributed by atoms with Crippen molar-refractivity contribution in [3.8, 4) is 0 Å². The van der Waals surface area contributed by atoms with Crippen molar-refractivity contribution in [1.29, 1.82) is 0 Å². The number of benzene rings is 3. The minimum Gasteiger partial charge on any atom is -0.463 e. The Kier molecular flexibility index (Phi) is 7.98. The van der Waals surface area contributed by atoms with Crippen LogP contribution in [-0.2, 0) is 9.53 Å². The molecule has 1 heterocycles. The molecule has 0 bridgehead atoms. The number of hydrogen-bond donors (Lipinski definition) is 2. The summed E-state index contributed by atoms with van der Waals surface area (Å²) >= 11 is 0. The molecule has 3 aromatic rings. The number of halogens is 1. The van der Waals surface area contributed by atoms with Crippen LogP contribution in [0.4, 0.5) is 14.9 Å². The zero-order valence-electron chi connectivity index (χ0n) is 20.7. The van der Waals surface area contributed by atoms with Gasteiger partial charge in [0, 0.05) is 12.2 Å². The summed E-state index contributed by atoms with van der Waals surface area (Å²) in [6.45, 7) is 4.29. The number of urea groups is 1. The lowest BCUT2D eigenvalue weighted by Gasteiger charge is -2.36. The van der Waals surface area contributed by atoms with Gasteiger partial charge < -0.3 is 15.4 Å². The van der Waals surface area contributed by atoms with E-state index in [0.717, 1.165) is 5.56 Å². The zero-order valence-corrected chi connectivity index (χ0v) is 20.7. The molecule has 0 spiro atoms. The van der Waals surface area contributed by atoms with Gasteiger partial charge in [0.2, 0.25) is 0 Å². The fourth-order valence-electron chi connectivity index (χ4n) is 4.28. The van der Waals surface area contributed by atoms with Crippen molar-refractivity contribution in [2.45, 2.75) is 26.3 Å². The molecular weight excluding hydrogens is 473 g/mol. The van der Waals surface area contributed by atoms with Crippen molar-refractivity contribution in [1.82, 2.24) is 10.2 Å². The minimum atomic E-state index is -0.772. The Bertz CT molecular complexity index is 1320. The van der Waals surface area contributed by atoms with Crippen LogP contribution in [0.3, 0.4) is 0 Å². The number of nitrogens with zero attached hydrogens (tertiary/aromatic N) is 1. The van der Waals surface area contributed by atoms with Crippen molar-refractivity contribution >= 4 is 29.3 Å². The Hall–Kier alpha value is -4.46. The monoisotopic (exact) mass is 501 g/mol. The summed E-state index contributed by atoms with van der Waals surface area (Å²) < 4.78 is 19.4. The first-order valence-electron chi connectivity index (χ1n) is 12.1. The minimum absolute atomic E-state index is 0.0674. The second-order valence-electron chi connectivity index (χ2n) is 8.44. The van der Waals surface area contributed by atoms with E-state index in [1.807, 2.05) is 37.3 Å². The van der Waals surface area contributed by atoms with Gasteiger partial charge in [-0.2, -0.15) is 0 Å². The summed E-state index contributed by atoms with van der Waals surface area (Å²) in [7, 11) is 0. The van der Waals surface area contributed by atoms with E-state index in [4.69, 9.17) is 4.74 Å². The molecule has 0 saturated carbocycles. The summed E-state index contributed by atoms with van der Waals surface area (Å²) in [5.74, 6) is -1.72. The molecule has 0 saturated heterocycles. The highest BCUT2D eigenvalue weighted by molar-refractivity contribution is 6.05. The third-order valence-corrected chi connectivity index (χ3v) is 5.94. The maximum Gasteiger partial charge on any atom is 0.338 e. The number of carbonyl (C=O) groups excluding carboxylic acids is 3. The molecular formula is C29H28FN3O4. The quantitative estimate of drug-likeness (QED) is 0.398. The molecule has 0 aliphatic carbocycles. The highest BCUT2D eigenvalue weighted by Gasteiger charge is 2.38. The van der Waals surface area contributed by atoms with Crippen molar-refractivity contribution in [2.75, 3.05) is 18.5 Å². The molecule has 1 aliphatic heterocycles. The highest BCUT2D eigenvalue weighted by Crippen LogP contribution is 2.37. The van der Waals surface area contributed by atoms with Gasteiger partial charge in [-0.25, -0.2) is 14.0 Å². The molecule has 190 valence electrons. The Morgan fingerprint density at radius 2 is 1.65 bits per heavy atom. The molecule has 0 aromatic heterocycles. The van der Waals surface area contributed by atoms with Gasteiger partial charge >= 0.3 is 12.0 Å². The molecule has 1 atom stereocenters. The van der Waals surface area contributed by atoms with Gasteiger partial charge in [0.25, 0.3) is 5.91 Å². The van der Waals surface area contributed by atoms with Crippen molar-refractivity contribution in [3.05, 3.63) is 107 Å². The van der Waals surface area contributed by atoms with E-state index in [9.17, 15) is 18.8 Å². The second kappa shape index (κ2) is 11.5. The van der Waals surface area contributed by atoms with Crippen LogP contribution in [0.1, 0.15) is 47.8 Å². The summed E-state index contributed by atoms with van der Waals surface area (Å²) in [6.07, 6.45) is 0.695. The first-order valence-corrected chi connectivity index (χ1v) is 12.1. The summed E-state index contributed by atoms with van der Waals surface area (Å²) in [6, 6.07) is 20.6. The average Bonchev–Trinajstić information content (AvgIpc) is 2.90. The molecule has 4 rings (SSSR count). The van der Waals surface area contributed by atoms with Crippen LogP contribution in [0.5, 0.6) is 0 Å². The number of amides is 3. The van der Waals surface area contributed by atoms with E-state index < -0.39 is 23.7 Å². The molecule has 8 heteroatoms. The van der Waals surface area contributed by atoms with E-state index in [1.54, 1.807) is 42.2 Å². The number of esters is 1. The molecule has 0 radical (unpaired) electrons. The van der Waals surface area contributed by atoms with E-state index >= 15 is 0 Å². The van der Waals surface area contributed by atoms with E-state index in [0.29, 0.717) is 35.5 Å². The topological polar surface area (TPSA) is 87.7 Å². The first kappa shape index (κ1) is 25.6. The normalized spacial score (nSPS) is 15.3. The molecule has 3 amide bonds. The van der Waals surface area contributed by atoms with Crippen molar-refractivity contribution in [3.63, 3.8) is 0 Å². The van der Waals surface area contributed by atoms with Gasteiger partial charge in [-0.15, -0.1) is 0 Å². The summed E-state index contributed by atoms with van der Waals surface area (Å²) in [4.78, 5) is 40.6. The van der Waals surface area contributed by atoms with Crippen LogP contribution >= 0.6 is 0 Å². The number of hydrogen-bond acceptors (Lipinski definition) is 4. The molecule has 2 N–H and O–H groups in total. The van der Waals surface area contributed by atoms with Gasteiger partial charge in [-0.1, -0.05) is 61.5 Å². The van der Waals surface area contributed by atoms with Gasteiger partial charge in [-0.05, 0) is 48.7 Å². The second-order valence-corrected chi connectivity index (χ2v) is 8.44. The van der Waals surface area contributed by atoms with Crippen LogP contribution in [0.25, 0.3) is 5.70 Å². The lowest BCUT2D eigenvalue weighted by Crippen LogP contribution is -2.48. The molecule has 0 fully saturated rings. The van der Waals surface area contributed by atoms with E-state index in [-0.39, 0.29) is 18.2 Å². The first-order chi connectivity index (χ1) is 17.9. The maximum absolute atomic E-state index is 14.0. The number of carbonyl (C=O) groups is 3. The van der Waals surface area contributed by atoms with Gasteiger partial charge in [0.15, 0.2) is 0 Å². The highest BCUT2D eigenvalue weighted by atomic mass is 19.1. The van der Waals surface area contributed by atoms with Gasteiger partial charge in [-0.3, -0.25) is 9.69 Å². The van der Waals surface area contributed by atoms with Crippen LogP contribution in [-0.4, -0.2) is 36.0 Å². The number of rotatable bonds is 8. The van der Waals surface area contributed by atoms with Crippen LogP contribution in [0.15, 0.2) is 84.4 Å². The predicted octanol–water partition coefficient (Wildman–Crippen LogP) is 5.53. The lowest BCUT2D eigenvalue weighted by atomic mass is 9.91. The summed E-state index contributed by atoms with van der Waals surface area (Å²) in [5.41, 5.74) is 2.56. The average molecular weight is 502 g/mol. The molecule has 1 aliphatic rings. The molecule has 1 unspecified atom stereocenters. The van der Waals surface area contributed by atoms with Crippen LogP contribution in [0.2, 0.25) is 0 Å². The predicted molar refractivity (Wildman–Crippen MR) is 139 cm³/mol. The van der Waals surface area contributed by atoms with Crippen LogP contribution in [0, 0.1) is 5.82 Å². The lowest BCUT2D eigenvalue weighted by molar-refractivity contribution is -0.138. The van der Waals surface area contributed by atoms with E-state index in [1.165, 1.54) is 18.2 Å². The Morgan fingerprint density at radius 3 is 2.30 bits per heavy atom. The number of anilines is 1. The van der Waals surface area contributed by atoms with Gasteiger partial charge in [0.05, 0.1) is 29.5 Å². The zero-order chi connectivity index (χ0) is 26.4. The third kappa shape index (κ3) is 5.53. The van der Waals surface area contributed by atoms with Crippen LogP contribution < -0.4 is 10.6 Å². The molecule has 7 nitrogen and oxygen atoms in total. The number of ether oxygens (including phenoxy) is 1. The van der Waals surface area contributed by atoms with Crippen molar-refractivity contribution in [2.24, 2.45) is 0 Å². The smallest absolute Gasteiger partial charge is 0.338 e. The largest absolute Gasteiger partial charge is 0.463 e. The summed E-state index contributed by atoms with van der Waals surface area (Å²) in [5, 5.41) is 5.61.